The molecule has 1 amide bonds. The minimum atomic E-state index is -3.25. The molecule has 0 unspecified atom stereocenters. The number of sulfonamides is 1. The molecule has 20 heavy (non-hydrogen) atoms. The first-order chi connectivity index (χ1) is 9.34. The predicted molar refractivity (Wildman–Crippen MR) is 81.2 cm³/mol. The first-order valence-corrected chi connectivity index (χ1v) is 8.50. The highest BCUT2D eigenvalue weighted by Crippen LogP contribution is 2.18. The van der Waals surface area contributed by atoms with Gasteiger partial charge in [-0.1, -0.05) is 6.08 Å². The summed E-state index contributed by atoms with van der Waals surface area (Å²) in [7, 11) is -3.25. The summed E-state index contributed by atoms with van der Waals surface area (Å²) in [6.07, 6.45) is 4.12. The monoisotopic (exact) mass is 320 g/mol. The van der Waals surface area contributed by atoms with Crippen LogP contribution in [0.2, 0.25) is 0 Å². The van der Waals surface area contributed by atoms with Gasteiger partial charge < -0.3 is 5.32 Å². The normalized spacial score (nSPS) is 19.9. The fourth-order valence-electron chi connectivity index (χ4n) is 1.89. The molecule has 1 fully saturated rings. The average Bonchev–Trinajstić information content (AvgIpc) is 2.41. The lowest BCUT2D eigenvalue weighted by molar-refractivity contribution is -0.126. The second-order valence-corrected chi connectivity index (χ2v) is 6.96. The number of carbonyl (C=O) groups excluding carboxylic acids is 1. The van der Waals surface area contributed by atoms with Gasteiger partial charge in [0.25, 0.3) is 0 Å². The summed E-state index contributed by atoms with van der Waals surface area (Å²) < 4.78 is 24.3. The minimum absolute atomic E-state index is 0.208. The molecule has 7 nitrogen and oxygen atoms in total. The summed E-state index contributed by atoms with van der Waals surface area (Å²) >= 11 is 4.93. The lowest BCUT2D eigenvalue weighted by Crippen LogP contribution is -2.51. The van der Waals surface area contributed by atoms with Crippen molar-refractivity contribution in [2.75, 3.05) is 25.9 Å². The van der Waals surface area contributed by atoms with E-state index in [2.05, 4.69) is 22.7 Å². The van der Waals surface area contributed by atoms with Gasteiger partial charge in [-0.25, -0.2) is 12.7 Å². The zero-order chi connectivity index (χ0) is 15.2. The molecule has 0 aromatic heterocycles. The smallest absolute Gasteiger partial charge is 0.242 e. The third-order valence-corrected chi connectivity index (χ3v) is 4.45. The molecule has 0 spiro atoms. The van der Waals surface area contributed by atoms with Crippen LogP contribution in [0.3, 0.4) is 0 Å². The number of piperidine rings is 1. The van der Waals surface area contributed by atoms with Gasteiger partial charge in [-0.3, -0.25) is 15.6 Å². The zero-order valence-electron chi connectivity index (χ0n) is 11.4. The van der Waals surface area contributed by atoms with E-state index in [-0.39, 0.29) is 23.5 Å². The van der Waals surface area contributed by atoms with Crippen molar-refractivity contribution in [3.63, 3.8) is 0 Å². The van der Waals surface area contributed by atoms with E-state index >= 15 is 0 Å². The summed E-state index contributed by atoms with van der Waals surface area (Å²) in [6, 6.07) is 0. The number of thiocarbonyl (C=S) groups is 1. The number of carbonyl (C=O) groups is 1. The van der Waals surface area contributed by atoms with Crippen LogP contribution in [-0.2, 0) is 14.8 Å². The molecule has 1 heterocycles. The highest BCUT2D eigenvalue weighted by Gasteiger charge is 2.30. The maximum atomic E-state index is 11.9. The third kappa shape index (κ3) is 5.43. The number of nitrogens with one attached hydrogen (secondary N) is 3. The van der Waals surface area contributed by atoms with Crippen LogP contribution in [0.25, 0.3) is 0 Å². The van der Waals surface area contributed by atoms with Crippen LogP contribution >= 0.6 is 12.2 Å². The number of hydrogen-bond acceptors (Lipinski definition) is 4. The highest BCUT2D eigenvalue weighted by molar-refractivity contribution is 7.88. The van der Waals surface area contributed by atoms with Crippen molar-refractivity contribution in [1.82, 2.24) is 20.5 Å². The Balaban J connectivity index is 2.43. The summed E-state index contributed by atoms with van der Waals surface area (Å²) in [4.78, 5) is 11.9. The third-order valence-electron chi connectivity index (χ3n) is 2.93. The first kappa shape index (κ1) is 16.9. The Morgan fingerprint density at radius 1 is 1.50 bits per heavy atom. The van der Waals surface area contributed by atoms with Crippen LogP contribution in [-0.4, -0.2) is 49.6 Å². The van der Waals surface area contributed by atoms with Gasteiger partial charge in [-0.2, -0.15) is 0 Å². The van der Waals surface area contributed by atoms with Crippen LogP contribution in [0.5, 0.6) is 0 Å². The van der Waals surface area contributed by atoms with Gasteiger partial charge in [0.15, 0.2) is 5.11 Å². The SMILES string of the molecule is C=CCNC(=S)NNC(=O)[C@H]1CCCN(S(C)(=O)=O)C1. The van der Waals surface area contributed by atoms with Gasteiger partial charge in [0.1, 0.15) is 0 Å². The van der Waals surface area contributed by atoms with E-state index in [4.69, 9.17) is 12.2 Å². The predicted octanol–water partition coefficient (Wildman–Crippen LogP) is -0.661. The zero-order valence-corrected chi connectivity index (χ0v) is 13.0. The Bertz CT molecular complexity index is 478. The topological polar surface area (TPSA) is 90.5 Å². The maximum Gasteiger partial charge on any atom is 0.242 e. The van der Waals surface area contributed by atoms with Crippen molar-refractivity contribution in [3.8, 4) is 0 Å². The van der Waals surface area contributed by atoms with Gasteiger partial charge in [-0.05, 0) is 25.1 Å². The van der Waals surface area contributed by atoms with E-state index < -0.39 is 10.0 Å². The molecule has 1 aliphatic heterocycles. The molecule has 1 aliphatic rings. The molecule has 0 bridgehead atoms. The summed E-state index contributed by atoms with van der Waals surface area (Å²) in [5, 5.41) is 3.09. The van der Waals surface area contributed by atoms with Crippen LogP contribution < -0.4 is 16.2 Å². The molecule has 0 saturated carbocycles. The lowest BCUT2D eigenvalue weighted by atomic mass is 9.99. The Hall–Kier alpha value is -1.19. The van der Waals surface area contributed by atoms with Crippen molar-refractivity contribution >= 4 is 33.3 Å². The van der Waals surface area contributed by atoms with Gasteiger partial charge in [0.2, 0.25) is 15.9 Å². The average molecular weight is 320 g/mol. The van der Waals surface area contributed by atoms with Crippen molar-refractivity contribution < 1.29 is 13.2 Å². The molecule has 0 radical (unpaired) electrons. The van der Waals surface area contributed by atoms with E-state index in [0.29, 0.717) is 25.9 Å². The summed E-state index contributed by atoms with van der Waals surface area (Å²) in [5.41, 5.74) is 5.06. The number of rotatable bonds is 4. The molecular weight excluding hydrogens is 300 g/mol. The molecule has 3 N–H and O–H groups in total. The highest BCUT2D eigenvalue weighted by atomic mass is 32.2. The summed E-state index contributed by atoms with van der Waals surface area (Å²) in [6.45, 7) is 4.70. The molecule has 1 rings (SSSR count). The van der Waals surface area contributed by atoms with E-state index in [9.17, 15) is 13.2 Å². The molecule has 1 atom stereocenters. The van der Waals surface area contributed by atoms with Gasteiger partial charge >= 0.3 is 0 Å². The first-order valence-electron chi connectivity index (χ1n) is 6.24. The summed E-state index contributed by atoms with van der Waals surface area (Å²) in [5.74, 6) is -0.630. The van der Waals surface area contributed by atoms with Gasteiger partial charge in [-0.15, -0.1) is 6.58 Å². The molecule has 0 aromatic carbocycles. The molecular formula is C11H20N4O3S2. The van der Waals surface area contributed by atoms with E-state index in [1.54, 1.807) is 6.08 Å². The van der Waals surface area contributed by atoms with E-state index in [1.807, 2.05) is 0 Å². The van der Waals surface area contributed by atoms with Crippen LogP contribution in [0.15, 0.2) is 12.7 Å². The number of hydrazine groups is 1. The fraction of sp³-hybridized carbons (Fsp3) is 0.636. The van der Waals surface area contributed by atoms with Gasteiger partial charge in [0, 0.05) is 19.6 Å². The second-order valence-electron chi connectivity index (χ2n) is 4.57. The Morgan fingerprint density at radius 3 is 2.80 bits per heavy atom. The second kappa shape index (κ2) is 7.55. The van der Waals surface area contributed by atoms with Crippen molar-refractivity contribution in [3.05, 3.63) is 12.7 Å². The molecule has 0 aromatic rings. The lowest BCUT2D eigenvalue weighted by Gasteiger charge is -2.30. The minimum Gasteiger partial charge on any atom is -0.358 e. The van der Waals surface area contributed by atoms with E-state index in [1.165, 1.54) is 4.31 Å². The fourth-order valence-corrected chi connectivity index (χ4v) is 2.93. The number of amides is 1. The Kier molecular flexibility index (Phi) is 6.37. The number of nitrogens with zero attached hydrogens (tertiary/aromatic N) is 1. The van der Waals surface area contributed by atoms with Crippen LogP contribution in [0.4, 0.5) is 0 Å². The quantitative estimate of drug-likeness (QED) is 0.362. The molecule has 9 heteroatoms. The van der Waals surface area contributed by atoms with Crippen LogP contribution in [0, 0.1) is 5.92 Å². The van der Waals surface area contributed by atoms with Gasteiger partial charge in [0.05, 0.1) is 12.2 Å². The maximum absolute atomic E-state index is 11.9. The van der Waals surface area contributed by atoms with E-state index in [0.717, 1.165) is 6.26 Å². The number of hydrogen-bond donors (Lipinski definition) is 3. The Morgan fingerprint density at radius 2 is 2.20 bits per heavy atom. The molecule has 0 aliphatic carbocycles. The largest absolute Gasteiger partial charge is 0.358 e. The molecule has 114 valence electrons. The van der Waals surface area contributed by atoms with Crippen molar-refractivity contribution in [1.29, 1.82) is 0 Å². The van der Waals surface area contributed by atoms with Crippen molar-refractivity contribution in [2.45, 2.75) is 12.8 Å². The standard InChI is InChI=1S/C11H20N4O3S2/c1-3-6-12-11(19)14-13-10(16)9-5-4-7-15(8-9)20(2,17)18/h3,9H,1,4-8H2,2H3,(H,13,16)(H2,12,14,19)/t9-/m0/s1. The molecule has 1 saturated heterocycles. The van der Waals surface area contributed by atoms with Crippen LogP contribution in [0.1, 0.15) is 12.8 Å². The van der Waals surface area contributed by atoms with Crippen molar-refractivity contribution in [2.24, 2.45) is 5.92 Å². The Labute approximate surface area is 124 Å².